The first-order valence-corrected chi connectivity index (χ1v) is 4.44. The fraction of sp³-hybridized carbons (Fsp3) is 0.556. The Morgan fingerprint density at radius 3 is 2.83 bits per heavy atom. The average Bonchev–Trinajstić information content (AvgIpc) is 2.54. The molecule has 1 atom stereocenters. The van der Waals surface area contributed by atoms with Crippen molar-refractivity contribution >= 4 is 0 Å². The highest BCUT2D eigenvalue weighted by atomic mass is 19.1. The predicted octanol–water partition coefficient (Wildman–Crippen LogP) is 1.97. The van der Waals surface area contributed by atoms with E-state index in [-0.39, 0.29) is 5.95 Å². The molecule has 0 aliphatic carbocycles. The Balaban J connectivity index is 2.08. The fourth-order valence-corrected chi connectivity index (χ4v) is 1.70. The van der Waals surface area contributed by atoms with Crippen LogP contribution in [0.25, 0.3) is 0 Å². The van der Waals surface area contributed by atoms with Crippen LogP contribution in [-0.4, -0.2) is 11.5 Å². The molecular weight excluding hydrogens is 155 g/mol. The van der Waals surface area contributed by atoms with E-state index in [2.05, 4.69) is 10.3 Å². The van der Waals surface area contributed by atoms with Crippen LogP contribution in [0.15, 0.2) is 12.1 Å². The first kappa shape index (κ1) is 7.80. The zero-order valence-corrected chi connectivity index (χ0v) is 6.94. The van der Waals surface area contributed by atoms with Crippen LogP contribution in [0.2, 0.25) is 0 Å². The summed E-state index contributed by atoms with van der Waals surface area (Å²) in [5, 5.41) is 3.35. The van der Waals surface area contributed by atoms with Crippen LogP contribution in [0, 0.1) is 5.95 Å². The van der Waals surface area contributed by atoms with Gasteiger partial charge in [-0.2, -0.15) is 4.39 Å². The number of halogens is 1. The van der Waals surface area contributed by atoms with Gasteiger partial charge in [-0.3, -0.25) is 0 Å². The molecule has 0 saturated carbocycles. The zero-order valence-electron chi connectivity index (χ0n) is 6.94. The van der Waals surface area contributed by atoms with E-state index in [1.807, 2.05) is 6.07 Å². The SMILES string of the molecule is Fc1ccc([C@H]2CCCCN2)[nH]1. The maximum absolute atomic E-state index is 12.6. The molecule has 0 spiro atoms. The minimum absolute atomic E-state index is 0.239. The summed E-state index contributed by atoms with van der Waals surface area (Å²) in [4.78, 5) is 2.72. The van der Waals surface area contributed by atoms with Crippen LogP contribution >= 0.6 is 0 Å². The topological polar surface area (TPSA) is 27.8 Å². The zero-order chi connectivity index (χ0) is 8.39. The van der Waals surface area contributed by atoms with Gasteiger partial charge in [-0.15, -0.1) is 0 Å². The predicted molar refractivity (Wildman–Crippen MR) is 45.3 cm³/mol. The van der Waals surface area contributed by atoms with Crippen LogP contribution in [0.1, 0.15) is 31.0 Å². The molecule has 2 N–H and O–H groups in total. The third kappa shape index (κ3) is 1.50. The summed E-state index contributed by atoms with van der Waals surface area (Å²) in [5.74, 6) is -0.239. The van der Waals surface area contributed by atoms with E-state index in [9.17, 15) is 4.39 Å². The number of H-pyrrole nitrogens is 1. The first-order valence-electron chi connectivity index (χ1n) is 4.44. The number of piperidine rings is 1. The van der Waals surface area contributed by atoms with E-state index in [1.165, 1.54) is 18.9 Å². The summed E-state index contributed by atoms with van der Waals surface area (Å²) in [6, 6.07) is 3.63. The molecule has 0 radical (unpaired) electrons. The molecule has 2 nitrogen and oxygen atoms in total. The summed E-state index contributed by atoms with van der Waals surface area (Å²) in [6.07, 6.45) is 3.58. The van der Waals surface area contributed by atoms with E-state index in [0.29, 0.717) is 6.04 Å². The monoisotopic (exact) mass is 168 g/mol. The lowest BCUT2D eigenvalue weighted by Gasteiger charge is -2.22. The highest BCUT2D eigenvalue weighted by molar-refractivity contribution is 5.10. The van der Waals surface area contributed by atoms with Crippen molar-refractivity contribution < 1.29 is 4.39 Å². The summed E-state index contributed by atoms with van der Waals surface area (Å²) >= 11 is 0. The lowest BCUT2D eigenvalue weighted by molar-refractivity contribution is 0.403. The van der Waals surface area contributed by atoms with Crippen molar-refractivity contribution in [2.24, 2.45) is 0 Å². The summed E-state index contributed by atoms with van der Waals surface area (Å²) < 4.78 is 12.6. The molecule has 1 saturated heterocycles. The number of nitrogens with one attached hydrogen (secondary N) is 2. The van der Waals surface area contributed by atoms with Gasteiger partial charge in [0.15, 0.2) is 5.95 Å². The Morgan fingerprint density at radius 1 is 1.33 bits per heavy atom. The maximum atomic E-state index is 12.6. The van der Waals surface area contributed by atoms with Crippen LogP contribution in [0.3, 0.4) is 0 Å². The van der Waals surface area contributed by atoms with Crippen LogP contribution < -0.4 is 5.32 Å². The molecular formula is C9H13FN2. The Morgan fingerprint density at radius 2 is 2.25 bits per heavy atom. The molecule has 0 aromatic carbocycles. The minimum atomic E-state index is -0.239. The minimum Gasteiger partial charge on any atom is -0.334 e. The second-order valence-electron chi connectivity index (χ2n) is 3.26. The van der Waals surface area contributed by atoms with E-state index in [1.54, 1.807) is 0 Å². The average molecular weight is 168 g/mol. The summed E-state index contributed by atoms with van der Waals surface area (Å²) in [7, 11) is 0. The third-order valence-corrected chi connectivity index (χ3v) is 2.36. The van der Waals surface area contributed by atoms with Crippen molar-refractivity contribution in [3.63, 3.8) is 0 Å². The third-order valence-electron chi connectivity index (χ3n) is 2.36. The van der Waals surface area contributed by atoms with Crippen molar-refractivity contribution in [3.8, 4) is 0 Å². The molecule has 1 aromatic rings. The molecule has 1 aliphatic heterocycles. The molecule has 0 amide bonds. The van der Waals surface area contributed by atoms with Gasteiger partial charge in [0.05, 0.1) is 0 Å². The van der Waals surface area contributed by atoms with Gasteiger partial charge in [-0.05, 0) is 31.5 Å². The number of aromatic nitrogens is 1. The Bertz CT molecular complexity index is 251. The van der Waals surface area contributed by atoms with Crippen molar-refractivity contribution in [1.29, 1.82) is 0 Å². The molecule has 1 aliphatic rings. The second-order valence-corrected chi connectivity index (χ2v) is 3.26. The van der Waals surface area contributed by atoms with Gasteiger partial charge in [0.25, 0.3) is 0 Å². The van der Waals surface area contributed by atoms with Gasteiger partial charge < -0.3 is 10.3 Å². The number of aromatic amines is 1. The van der Waals surface area contributed by atoms with Gasteiger partial charge in [0, 0.05) is 11.7 Å². The molecule has 1 aromatic heterocycles. The highest BCUT2D eigenvalue weighted by Gasteiger charge is 2.15. The van der Waals surface area contributed by atoms with E-state index in [0.717, 1.165) is 18.7 Å². The standard InChI is InChI=1S/C9H13FN2/c10-9-5-4-8(12-9)7-3-1-2-6-11-7/h4-5,7,11-12H,1-3,6H2/t7-/m1/s1. The smallest absolute Gasteiger partial charge is 0.191 e. The fourth-order valence-electron chi connectivity index (χ4n) is 1.70. The molecule has 0 unspecified atom stereocenters. The summed E-state index contributed by atoms with van der Waals surface area (Å²) in [6.45, 7) is 1.05. The van der Waals surface area contributed by atoms with Crippen molar-refractivity contribution in [3.05, 3.63) is 23.8 Å². The van der Waals surface area contributed by atoms with Crippen LogP contribution in [0.5, 0.6) is 0 Å². The lowest BCUT2D eigenvalue weighted by Crippen LogP contribution is -2.26. The molecule has 12 heavy (non-hydrogen) atoms. The van der Waals surface area contributed by atoms with Crippen LogP contribution in [-0.2, 0) is 0 Å². The van der Waals surface area contributed by atoms with E-state index in [4.69, 9.17) is 0 Å². The second kappa shape index (κ2) is 3.27. The lowest BCUT2D eigenvalue weighted by atomic mass is 10.0. The van der Waals surface area contributed by atoms with Gasteiger partial charge in [-0.25, -0.2) is 0 Å². The number of hydrogen-bond acceptors (Lipinski definition) is 1. The van der Waals surface area contributed by atoms with Crippen molar-refractivity contribution in [2.75, 3.05) is 6.54 Å². The molecule has 66 valence electrons. The molecule has 2 heterocycles. The Hall–Kier alpha value is -0.830. The van der Waals surface area contributed by atoms with E-state index >= 15 is 0 Å². The number of rotatable bonds is 1. The number of hydrogen-bond donors (Lipinski definition) is 2. The Kier molecular flexibility index (Phi) is 2.13. The molecule has 2 rings (SSSR count). The van der Waals surface area contributed by atoms with Gasteiger partial charge in [0.2, 0.25) is 0 Å². The van der Waals surface area contributed by atoms with Gasteiger partial charge in [-0.1, -0.05) is 6.42 Å². The van der Waals surface area contributed by atoms with Crippen molar-refractivity contribution in [1.82, 2.24) is 10.3 Å². The van der Waals surface area contributed by atoms with Gasteiger partial charge in [0.1, 0.15) is 0 Å². The first-order chi connectivity index (χ1) is 5.86. The van der Waals surface area contributed by atoms with Crippen molar-refractivity contribution in [2.45, 2.75) is 25.3 Å². The van der Waals surface area contributed by atoms with Gasteiger partial charge >= 0.3 is 0 Å². The maximum Gasteiger partial charge on any atom is 0.191 e. The summed E-state index contributed by atoms with van der Waals surface area (Å²) in [5.41, 5.74) is 0.979. The molecule has 0 bridgehead atoms. The van der Waals surface area contributed by atoms with Crippen LogP contribution in [0.4, 0.5) is 4.39 Å². The largest absolute Gasteiger partial charge is 0.334 e. The normalized spacial score (nSPS) is 24.2. The molecule has 1 fully saturated rings. The quantitative estimate of drug-likeness (QED) is 0.659. The van der Waals surface area contributed by atoms with E-state index < -0.39 is 0 Å². The Labute approximate surface area is 71.2 Å². The molecule has 3 heteroatoms. The highest BCUT2D eigenvalue weighted by Crippen LogP contribution is 2.21.